The van der Waals surface area contributed by atoms with Gasteiger partial charge in [-0.05, 0) is 64.7 Å². The third-order valence-electron chi connectivity index (χ3n) is 8.37. The Balaban J connectivity index is 1.30. The van der Waals surface area contributed by atoms with Gasteiger partial charge >= 0.3 is 0 Å². The zero-order valence-electron chi connectivity index (χ0n) is 23.0. The van der Waals surface area contributed by atoms with Gasteiger partial charge in [0.05, 0.1) is 16.6 Å². The van der Waals surface area contributed by atoms with Gasteiger partial charge in [-0.25, -0.2) is 0 Å². The molecule has 0 radical (unpaired) electrons. The fraction of sp³-hybridized carbons (Fsp3) is 0. The van der Waals surface area contributed by atoms with Crippen LogP contribution in [0.2, 0.25) is 0 Å². The number of para-hydroxylation sites is 2. The van der Waals surface area contributed by atoms with Crippen molar-refractivity contribution in [3.8, 4) is 33.4 Å². The molecule has 9 aromatic rings. The van der Waals surface area contributed by atoms with Gasteiger partial charge < -0.3 is 4.42 Å². The highest BCUT2D eigenvalue weighted by Crippen LogP contribution is 2.41. The van der Waals surface area contributed by atoms with Gasteiger partial charge in [0.1, 0.15) is 11.2 Å². The van der Waals surface area contributed by atoms with Crippen molar-refractivity contribution in [3.63, 3.8) is 0 Å². The molecule has 4 aromatic heterocycles. The summed E-state index contributed by atoms with van der Waals surface area (Å²) >= 11 is 0. The lowest BCUT2D eigenvalue weighted by Crippen LogP contribution is -1.92. The molecule has 43 heavy (non-hydrogen) atoms. The van der Waals surface area contributed by atoms with E-state index in [1.165, 1.54) is 0 Å². The molecule has 4 heterocycles. The second-order valence-electron chi connectivity index (χ2n) is 10.9. The molecule has 9 rings (SSSR count). The number of hydrogen-bond acceptors (Lipinski definition) is 4. The predicted molar refractivity (Wildman–Crippen MR) is 176 cm³/mol. The largest absolute Gasteiger partial charge is 0.456 e. The third kappa shape index (κ3) is 3.81. The maximum Gasteiger partial charge on any atom is 0.136 e. The summed E-state index contributed by atoms with van der Waals surface area (Å²) in [5.41, 5.74) is 11.1. The maximum absolute atomic E-state index is 6.22. The molecule has 4 heteroatoms. The van der Waals surface area contributed by atoms with E-state index in [-0.39, 0.29) is 0 Å². The van der Waals surface area contributed by atoms with Gasteiger partial charge in [-0.15, -0.1) is 0 Å². The number of nitrogens with zero attached hydrogens (tertiary/aromatic N) is 3. The van der Waals surface area contributed by atoms with Crippen LogP contribution in [-0.2, 0) is 0 Å². The summed E-state index contributed by atoms with van der Waals surface area (Å²) in [7, 11) is 0. The molecule has 0 unspecified atom stereocenters. The first-order valence-electron chi connectivity index (χ1n) is 14.3. The monoisotopic (exact) mass is 549 g/mol. The van der Waals surface area contributed by atoms with Crippen molar-refractivity contribution < 1.29 is 4.42 Å². The standard InChI is InChI=1S/C39H23N3O/c1-3-11-34-26(7-1)19-28(22-41-34)30-17-16-25(31-10-5-13-36-37(31)32-9-2-4-12-35(32)43-36)21-33(30)29-20-27-15-14-24-8-6-18-40-38(24)39(27)42-23-29/h1-23H. The molecule has 200 valence electrons. The van der Waals surface area contributed by atoms with Gasteiger partial charge in [-0.3, -0.25) is 15.0 Å². The Labute approximate surface area is 246 Å². The average molecular weight is 550 g/mol. The van der Waals surface area contributed by atoms with Gasteiger partial charge in [0.2, 0.25) is 0 Å². The number of hydrogen-bond donors (Lipinski definition) is 0. The molecule has 5 aromatic carbocycles. The number of furan rings is 1. The minimum atomic E-state index is 0.884. The SMILES string of the molecule is c1ccc2ncc(-c3ccc(-c4cccc5oc6ccccc6c45)cc3-c3cnc4c(ccc5cccnc54)c3)cc2c1. The van der Waals surface area contributed by atoms with Crippen LogP contribution in [0.3, 0.4) is 0 Å². The second-order valence-corrected chi connectivity index (χ2v) is 10.9. The number of aromatic nitrogens is 3. The molecule has 0 saturated heterocycles. The molecule has 0 aliphatic heterocycles. The van der Waals surface area contributed by atoms with Gasteiger partial charge in [0.25, 0.3) is 0 Å². The van der Waals surface area contributed by atoms with E-state index in [9.17, 15) is 0 Å². The smallest absolute Gasteiger partial charge is 0.136 e. The summed E-state index contributed by atoms with van der Waals surface area (Å²) in [6, 6.07) is 42.2. The van der Waals surface area contributed by atoms with E-state index in [1.807, 2.05) is 55.0 Å². The van der Waals surface area contributed by atoms with E-state index in [0.717, 1.165) is 88.0 Å². The third-order valence-corrected chi connectivity index (χ3v) is 8.37. The van der Waals surface area contributed by atoms with E-state index >= 15 is 0 Å². The zero-order valence-corrected chi connectivity index (χ0v) is 23.0. The molecule has 4 nitrogen and oxygen atoms in total. The van der Waals surface area contributed by atoms with Gasteiger partial charge in [0, 0.05) is 56.6 Å². The van der Waals surface area contributed by atoms with E-state index in [1.54, 1.807) is 0 Å². The van der Waals surface area contributed by atoms with Gasteiger partial charge in [-0.2, -0.15) is 0 Å². The maximum atomic E-state index is 6.22. The number of pyridine rings is 3. The van der Waals surface area contributed by atoms with Crippen molar-refractivity contribution in [2.24, 2.45) is 0 Å². The first-order chi connectivity index (χ1) is 21.3. The van der Waals surface area contributed by atoms with E-state index in [2.05, 4.69) is 89.9 Å². The molecule has 0 bridgehead atoms. The summed E-state index contributed by atoms with van der Waals surface area (Å²) in [5, 5.41) is 5.49. The summed E-state index contributed by atoms with van der Waals surface area (Å²) in [6.45, 7) is 0. The minimum absolute atomic E-state index is 0.884. The fourth-order valence-corrected chi connectivity index (χ4v) is 6.32. The first kappa shape index (κ1) is 23.8. The Morgan fingerprint density at radius 2 is 1.21 bits per heavy atom. The van der Waals surface area contributed by atoms with Crippen LogP contribution in [0.1, 0.15) is 0 Å². The summed E-state index contributed by atoms with van der Waals surface area (Å²) in [5.74, 6) is 0. The quantitative estimate of drug-likeness (QED) is 0.206. The van der Waals surface area contributed by atoms with Crippen LogP contribution >= 0.6 is 0 Å². The van der Waals surface area contributed by atoms with Crippen molar-refractivity contribution in [2.75, 3.05) is 0 Å². The lowest BCUT2D eigenvalue weighted by atomic mass is 9.90. The molecular weight excluding hydrogens is 526 g/mol. The molecule has 0 spiro atoms. The van der Waals surface area contributed by atoms with E-state index in [4.69, 9.17) is 14.4 Å². The Kier molecular flexibility index (Phi) is 5.16. The molecule has 0 N–H and O–H groups in total. The van der Waals surface area contributed by atoms with Crippen molar-refractivity contribution in [1.82, 2.24) is 15.0 Å². The highest BCUT2D eigenvalue weighted by Gasteiger charge is 2.16. The summed E-state index contributed by atoms with van der Waals surface area (Å²) in [4.78, 5) is 14.4. The highest BCUT2D eigenvalue weighted by molar-refractivity contribution is 6.13. The first-order valence-corrected chi connectivity index (χ1v) is 14.3. The van der Waals surface area contributed by atoms with Crippen LogP contribution in [0.25, 0.3) is 88.0 Å². The van der Waals surface area contributed by atoms with Crippen LogP contribution in [0.15, 0.2) is 144 Å². The van der Waals surface area contributed by atoms with Crippen LogP contribution in [-0.4, -0.2) is 15.0 Å². The van der Waals surface area contributed by atoms with Gasteiger partial charge in [-0.1, -0.05) is 78.9 Å². The summed E-state index contributed by atoms with van der Waals surface area (Å²) < 4.78 is 6.22. The number of rotatable bonds is 3. The zero-order chi connectivity index (χ0) is 28.3. The van der Waals surface area contributed by atoms with Crippen LogP contribution in [0.4, 0.5) is 0 Å². The molecule has 0 atom stereocenters. The lowest BCUT2D eigenvalue weighted by Gasteiger charge is -2.15. The Hall–Kier alpha value is -5.87. The number of fused-ring (bicyclic) bond motifs is 7. The van der Waals surface area contributed by atoms with Gasteiger partial charge in [0.15, 0.2) is 0 Å². The molecule has 0 aliphatic rings. The van der Waals surface area contributed by atoms with E-state index in [0.29, 0.717) is 0 Å². The Morgan fingerprint density at radius 3 is 2.21 bits per heavy atom. The molecule has 0 amide bonds. The molecular formula is C39H23N3O. The van der Waals surface area contributed by atoms with Crippen molar-refractivity contribution in [3.05, 3.63) is 140 Å². The molecule has 0 saturated carbocycles. The Morgan fingerprint density at radius 1 is 0.442 bits per heavy atom. The lowest BCUT2D eigenvalue weighted by molar-refractivity contribution is 0.669. The normalized spacial score (nSPS) is 11.7. The van der Waals surface area contributed by atoms with Crippen LogP contribution in [0, 0.1) is 0 Å². The van der Waals surface area contributed by atoms with Crippen molar-refractivity contribution >= 4 is 54.6 Å². The average Bonchev–Trinajstić information content (AvgIpc) is 3.46. The highest BCUT2D eigenvalue weighted by atomic mass is 16.3. The van der Waals surface area contributed by atoms with Crippen molar-refractivity contribution in [1.29, 1.82) is 0 Å². The Bertz CT molecular complexity index is 2530. The van der Waals surface area contributed by atoms with Crippen molar-refractivity contribution in [2.45, 2.75) is 0 Å². The predicted octanol–water partition coefficient (Wildman–Crippen LogP) is 10.2. The summed E-state index contributed by atoms with van der Waals surface area (Å²) in [6.07, 6.45) is 5.77. The fourth-order valence-electron chi connectivity index (χ4n) is 6.32. The van der Waals surface area contributed by atoms with Crippen LogP contribution < -0.4 is 0 Å². The molecule has 0 fully saturated rings. The topological polar surface area (TPSA) is 51.8 Å². The van der Waals surface area contributed by atoms with Crippen LogP contribution in [0.5, 0.6) is 0 Å². The number of benzene rings is 5. The van der Waals surface area contributed by atoms with E-state index < -0.39 is 0 Å². The molecule has 0 aliphatic carbocycles. The second kappa shape index (κ2) is 9.33. The minimum Gasteiger partial charge on any atom is -0.456 e.